The Kier molecular flexibility index (Phi) is 2.75. The molecule has 1 unspecified atom stereocenters. The van der Waals surface area contributed by atoms with Gasteiger partial charge in [-0.1, -0.05) is 17.7 Å². The highest BCUT2D eigenvalue weighted by Crippen LogP contribution is 2.58. The van der Waals surface area contributed by atoms with Gasteiger partial charge in [-0.2, -0.15) is 0 Å². The van der Waals surface area contributed by atoms with Crippen LogP contribution in [-0.2, 0) is 14.3 Å². The quantitative estimate of drug-likeness (QED) is 0.749. The summed E-state index contributed by atoms with van der Waals surface area (Å²) in [5, 5.41) is 0. The molecule has 0 aromatic heterocycles. The number of rotatable bonds is 1. The first-order chi connectivity index (χ1) is 10.3. The van der Waals surface area contributed by atoms with Gasteiger partial charge in [0, 0.05) is 0 Å². The van der Waals surface area contributed by atoms with Crippen molar-refractivity contribution in [3.8, 4) is 0 Å². The zero-order chi connectivity index (χ0) is 15.8. The van der Waals surface area contributed by atoms with Crippen LogP contribution >= 0.6 is 0 Å². The van der Waals surface area contributed by atoms with Gasteiger partial charge in [0.2, 0.25) is 0 Å². The van der Waals surface area contributed by atoms with Crippen LogP contribution in [0.5, 0.6) is 0 Å². The average molecular weight is 298 g/mol. The van der Waals surface area contributed by atoms with Crippen LogP contribution in [0.4, 0.5) is 0 Å². The molecular formula is C19H22O3. The van der Waals surface area contributed by atoms with E-state index < -0.39 is 11.5 Å². The maximum absolute atomic E-state index is 13.1. The molecule has 3 heteroatoms. The molecule has 0 radical (unpaired) electrons. The number of Topliss-reactive ketones (excluding diaryl/α,β-unsaturated/α-hetero) is 2. The van der Waals surface area contributed by atoms with Crippen LogP contribution in [0.25, 0.3) is 0 Å². The van der Waals surface area contributed by atoms with Crippen LogP contribution in [-0.4, -0.2) is 23.3 Å². The number of aryl methyl sites for hydroxylation is 3. The van der Waals surface area contributed by atoms with E-state index in [1.165, 1.54) is 5.56 Å². The predicted molar refractivity (Wildman–Crippen MR) is 82.9 cm³/mol. The molecule has 4 rings (SSSR count). The number of hydrogen-bond acceptors (Lipinski definition) is 3. The Bertz CT molecular complexity index is 682. The predicted octanol–water partition coefficient (Wildman–Crippen LogP) is 3.03. The molecule has 2 saturated heterocycles. The summed E-state index contributed by atoms with van der Waals surface area (Å²) in [5.74, 6) is -0.826. The van der Waals surface area contributed by atoms with Gasteiger partial charge in [-0.05, 0) is 57.2 Å². The fourth-order valence-corrected chi connectivity index (χ4v) is 5.24. The number of hydrogen-bond donors (Lipinski definition) is 0. The van der Waals surface area contributed by atoms with Gasteiger partial charge >= 0.3 is 0 Å². The highest BCUT2D eigenvalue weighted by atomic mass is 16.5. The second kappa shape index (κ2) is 4.29. The molecule has 1 aromatic rings. The molecule has 0 spiro atoms. The Balaban J connectivity index is 1.83. The maximum atomic E-state index is 13.1. The number of carbonyl (C=O) groups excluding carboxylic acids is 2. The summed E-state index contributed by atoms with van der Waals surface area (Å²) in [6.07, 6.45) is 1.77. The zero-order valence-electron chi connectivity index (χ0n) is 13.6. The third-order valence-corrected chi connectivity index (χ3v) is 5.99. The average Bonchev–Trinajstić information content (AvgIpc) is 3.01. The van der Waals surface area contributed by atoms with E-state index in [4.69, 9.17) is 4.74 Å². The summed E-state index contributed by atoms with van der Waals surface area (Å²) in [6, 6.07) is 4.15. The summed E-state index contributed by atoms with van der Waals surface area (Å²) in [4.78, 5) is 26.1. The number of fused-ring (bicyclic) bond motifs is 5. The van der Waals surface area contributed by atoms with Gasteiger partial charge in [0.05, 0.1) is 23.5 Å². The highest BCUT2D eigenvalue weighted by Gasteiger charge is 2.67. The fraction of sp³-hybridized carbons (Fsp3) is 0.579. The monoisotopic (exact) mass is 298 g/mol. The Hall–Kier alpha value is -1.48. The lowest BCUT2D eigenvalue weighted by atomic mass is 9.74. The van der Waals surface area contributed by atoms with E-state index in [1.54, 1.807) is 0 Å². The first-order valence-electron chi connectivity index (χ1n) is 8.16. The summed E-state index contributed by atoms with van der Waals surface area (Å²) in [5.41, 5.74) is 3.82. The summed E-state index contributed by atoms with van der Waals surface area (Å²) < 4.78 is 5.99. The molecule has 116 valence electrons. The number of ether oxygens (including phenoxy) is 1. The standard InChI is InChI=1S/C19H22O3/c1-9-7-10(2)13(11(3)8-9)15-17(20)14-12-5-6-19(4,22-12)16(14)18(15)21/h7-8,12,14-16H,5-6H2,1-4H3/t12-,14-,15?,16+,19+/m0/s1. The number of benzene rings is 1. The van der Waals surface area contributed by atoms with Crippen LogP contribution in [0, 0.1) is 32.6 Å². The van der Waals surface area contributed by atoms with Crippen LogP contribution in [0.15, 0.2) is 12.1 Å². The highest BCUT2D eigenvalue weighted by molar-refractivity contribution is 6.17. The van der Waals surface area contributed by atoms with Gasteiger partial charge in [0.15, 0.2) is 11.6 Å². The topological polar surface area (TPSA) is 43.4 Å². The van der Waals surface area contributed by atoms with Crippen molar-refractivity contribution in [2.24, 2.45) is 11.8 Å². The number of carbonyl (C=O) groups is 2. The molecule has 2 heterocycles. The largest absolute Gasteiger partial charge is 0.370 e. The molecule has 0 N–H and O–H groups in total. The van der Waals surface area contributed by atoms with Crippen molar-refractivity contribution < 1.29 is 14.3 Å². The fourth-order valence-electron chi connectivity index (χ4n) is 5.24. The van der Waals surface area contributed by atoms with Crippen LogP contribution in [0.2, 0.25) is 0 Å². The van der Waals surface area contributed by atoms with Gasteiger partial charge in [-0.25, -0.2) is 0 Å². The smallest absolute Gasteiger partial charge is 0.154 e. The lowest BCUT2D eigenvalue weighted by molar-refractivity contribution is -0.129. The Morgan fingerprint density at radius 3 is 2.32 bits per heavy atom. The first kappa shape index (κ1) is 14.1. The molecule has 5 atom stereocenters. The number of ketones is 2. The van der Waals surface area contributed by atoms with Gasteiger partial charge < -0.3 is 4.74 Å². The molecule has 3 nitrogen and oxygen atoms in total. The maximum Gasteiger partial charge on any atom is 0.154 e. The minimum atomic E-state index is -0.570. The van der Waals surface area contributed by atoms with E-state index >= 15 is 0 Å². The third kappa shape index (κ3) is 1.60. The minimum absolute atomic E-state index is 0.0393. The second-order valence-corrected chi connectivity index (χ2v) is 7.56. The van der Waals surface area contributed by atoms with Crippen molar-refractivity contribution in [1.82, 2.24) is 0 Å². The van der Waals surface area contributed by atoms with Gasteiger partial charge in [-0.15, -0.1) is 0 Å². The van der Waals surface area contributed by atoms with Crippen LogP contribution in [0.1, 0.15) is 47.9 Å². The van der Waals surface area contributed by atoms with E-state index in [0.717, 1.165) is 29.5 Å². The third-order valence-electron chi connectivity index (χ3n) is 5.99. The van der Waals surface area contributed by atoms with E-state index in [2.05, 4.69) is 12.1 Å². The van der Waals surface area contributed by atoms with E-state index in [1.807, 2.05) is 27.7 Å². The molecule has 22 heavy (non-hydrogen) atoms. The molecule has 3 aliphatic rings. The van der Waals surface area contributed by atoms with Crippen molar-refractivity contribution in [3.05, 3.63) is 34.4 Å². The summed E-state index contributed by atoms with van der Waals surface area (Å²) in [6.45, 7) is 8.08. The lowest BCUT2D eigenvalue weighted by Gasteiger charge is -2.27. The second-order valence-electron chi connectivity index (χ2n) is 7.56. The zero-order valence-corrected chi connectivity index (χ0v) is 13.6. The molecular weight excluding hydrogens is 276 g/mol. The van der Waals surface area contributed by atoms with Gasteiger partial charge in [-0.3, -0.25) is 9.59 Å². The van der Waals surface area contributed by atoms with Crippen molar-refractivity contribution in [3.63, 3.8) is 0 Å². The molecule has 2 aliphatic heterocycles. The Morgan fingerprint density at radius 1 is 1.09 bits per heavy atom. The summed E-state index contributed by atoms with van der Waals surface area (Å²) in [7, 11) is 0. The normalized spacial score (nSPS) is 39.6. The van der Waals surface area contributed by atoms with Crippen LogP contribution in [0.3, 0.4) is 0 Å². The lowest BCUT2D eigenvalue weighted by Crippen LogP contribution is -2.37. The minimum Gasteiger partial charge on any atom is -0.370 e. The SMILES string of the molecule is Cc1cc(C)c(C2C(=O)[C@H]3[C@@H]4CC[C@@](C)(O4)[C@H]3C2=O)c(C)c1. The molecule has 0 amide bonds. The van der Waals surface area contributed by atoms with E-state index in [9.17, 15) is 9.59 Å². The first-order valence-corrected chi connectivity index (χ1v) is 8.16. The molecule has 1 aliphatic carbocycles. The molecule has 3 fully saturated rings. The van der Waals surface area contributed by atoms with E-state index in [-0.39, 0.29) is 29.5 Å². The Labute approximate surface area is 131 Å². The van der Waals surface area contributed by atoms with E-state index in [0.29, 0.717) is 0 Å². The molecule has 1 aromatic carbocycles. The van der Waals surface area contributed by atoms with Crippen molar-refractivity contribution in [1.29, 1.82) is 0 Å². The van der Waals surface area contributed by atoms with Crippen molar-refractivity contribution in [2.75, 3.05) is 0 Å². The van der Waals surface area contributed by atoms with Gasteiger partial charge in [0.1, 0.15) is 5.92 Å². The van der Waals surface area contributed by atoms with Crippen molar-refractivity contribution >= 4 is 11.6 Å². The summed E-state index contributed by atoms with van der Waals surface area (Å²) >= 11 is 0. The Morgan fingerprint density at radius 2 is 1.73 bits per heavy atom. The van der Waals surface area contributed by atoms with Gasteiger partial charge in [0.25, 0.3) is 0 Å². The molecule has 1 saturated carbocycles. The van der Waals surface area contributed by atoms with Crippen molar-refractivity contribution in [2.45, 2.75) is 58.2 Å². The van der Waals surface area contributed by atoms with Crippen LogP contribution < -0.4 is 0 Å². The molecule has 2 bridgehead atoms.